The van der Waals surface area contributed by atoms with Crippen LogP contribution in [0.2, 0.25) is 0 Å². The van der Waals surface area contributed by atoms with Crippen molar-refractivity contribution < 1.29 is 9.53 Å². The minimum absolute atomic E-state index is 0.0209. The quantitative estimate of drug-likeness (QED) is 0.594. The molecular formula is C23H24N6O2S. The van der Waals surface area contributed by atoms with Gasteiger partial charge in [0, 0.05) is 44.5 Å². The van der Waals surface area contributed by atoms with Crippen molar-refractivity contribution in [2.75, 3.05) is 31.3 Å². The van der Waals surface area contributed by atoms with Gasteiger partial charge in [0.05, 0.1) is 34.5 Å². The van der Waals surface area contributed by atoms with E-state index in [9.17, 15) is 4.79 Å². The number of nitrogens with one attached hydrogen (secondary N) is 2. The van der Waals surface area contributed by atoms with E-state index in [-0.39, 0.29) is 5.91 Å². The molecule has 0 spiro atoms. The zero-order valence-corrected chi connectivity index (χ0v) is 18.6. The lowest BCUT2D eigenvalue weighted by Gasteiger charge is -2.20. The van der Waals surface area contributed by atoms with Crippen LogP contribution in [0.4, 0.5) is 5.82 Å². The van der Waals surface area contributed by atoms with E-state index >= 15 is 0 Å². The average molecular weight is 449 g/mol. The van der Waals surface area contributed by atoms with E-state index in [0.717, 1.165) is 47.8 Å². The van der Waals surface area contributed by atoms with Gasteiger partial charge in [0.1, 0.15) is 5.82 Å². The molecule has 3 aromatic heterocycles. The largest absolute Gasteiger partial charge is 0.481 e. The molecule has 3 aliphatic rings. The highest BCUT2D eigenvalue weighted by molar-refractivity contribution is 8.00. The van der Waals surface area contributed by atoms with Crippen LogP contribution in [0.5, 0.6) is 5.88 Å². The molecule has 5 heterocycles. The number of thioether (sulfide) groups is 1. The number of anilines is 1. The summed E-state index contributed by atoms with van der Waals surface area (Å²) < 4.78 is 5.30. The Hall–Kier alpha value is -2.75. The number of rotatable bonds is 6. The molecule has 32 heavy (non-hydrogen) atoms. The number of nitrogens with zero attached hydrogens (tertiary/aromatic N) is 4. The minimum atomic E-state index is 0.0209. The molecule has 164 valence electrons. The summed E-state index contributed by atoms with van der Waals surface area (Å²) in [5, 5.41) is 6.54. The summed E-state index contributed by atoms with van der Waals surface area (Å²) >= 11 is 1.54. The number of hydrogen-bond acceptors (Lipinski definition) is 8. The number of amides is 1. The maximum Gasteiger partial charge on any atom is 0.235 e. The van der Waals surface area contributed by atoms with E-state index < -0.39 is 0 Å². The second-order valence-electron chi connectivity index (χ2n) is 8.61. The first-order valence-corrected chi connectivity index (χ1v) is 11.8. The number of hydrogen-bond donors (Lipinski definition) is 2. The summed E-state index contributed by atoms with van der Waals surface area (Å²) in [6, 6.07) is 10.5. The van der Waals surface area contributed by atoms with Crippen molar-refractivity contribution in [1.29, 1.82) is 0 Å². The first-order chi connectivity index (χ1) is 15.7. The Morgan fingerprint density at radius 2 is 2.06 bits per heavy atom. The first-order valence-electron chi connectivity index (χ1n) is 10.8. The van der Waals surface area contributed by atoms with Crippen molar-refractivity contribution in [2.45, 2.75) is 24.0 Å². The number of aromatic nitrogens is 3. The zero-order valence-electron chi connectivity index (χ0n) is 17.7. The van der Waals surface area contributed by atoms with E-state index in [1.165, 1.54) is 5.56 Å². The predicted octanol–water partition coefficient (Wildman–Crippen LogP) is 2.30. The van der Waals surface area contributed by atoms with Crippen LogP contribution in [0.25, 0.3) is 11.0 Å². The number of carbonyl (C=O) groups is 1. The Labute approximate surface area is 190 Å². The Balaban J connectivity index is 1.05. The SMILES string of the molecule is COc1ccc2nccc(CN3CC4C(C3)C4NCc3ccc4c(n3)NC(=O)CS4)c2n1. The van der Waals surface area contributed by atoms with Crippen molar-refractivity contribution >= 4 is 34.5 Å². The van der Waals surface area contributed by atoms with E-state index in [0.29, 0.717) is 35.3 Å². The molecular weight excluding hydrogens is 424 g/mol. The molecule has 2 atom stereocenters. The smallest absolute Gasteiger partial charge is 0.235 e. The second kappa shape index (κ2) is 7.99. The lowest BCUT2D eigenvalue weighted by Crippen LogP contribution is -2.31. The highest BCUT2D eigenvalue weighted by atomic mass is 32.2. The summed E-state index contributed by atoms with van der Waals surface area (Å²) in [6.07, 6.45) is 1.86. The third-order valence-corrected chi connectivity index (χ3v) is 7.61. The van der Waals surface area contributed by atoms with Gasteiger partial charge in [-0.25, -0.2) is 9.97 Å². The Bertz CT molecular complexity index is 1190. The van der Waals surface area contributed by atoms with Gasteiger partial charge < -0.3 is 15.4 Å². The van der Waals surface area contributed by atoms with Crippen molar-refractivity contribution in [3.05, 3.63) is 47.8 Å². The monoisotopic (exact) mass is 448 g/mol. The van der Waals surface area contributed by atoms with Crippen LogP contribution in [0.3, 0.4) is 0 Å². The van der Waals surface area contributed by atoms with Crippen LogP contribution < -0.4 is 15.4 Å². The van der Waals surface area contributed by atoms with Crippen molar-refractivity contribution in [3.63, 3.8) is 0 Å². The van der Waals surface area contributed by atoms with Gasteiger partial charge in [-0.2, -0.15) is 0 Å². The number of ether oxygens (including phenoxy) is 1. The average Bonchev–Trinajstić information content (AvgIpc) is 3.27. The summed E-state index contributed by atoms with van der Waals surface area (Å²) in [7, 11) is 1.64. The van der Waals surface area contributed by atoms with E-state index in [1.54, 1.807) is 18.9 Å². The normalized spacial score (nSPS) is 24.2. The molecule has 8 nitrogen and oxygen atoms in total. The van der Waals surface area contributed by atoms with Crippen LogP contribution in [0.15, 0.2) is 41.4 Å². The van der Waals surface area contributed by atoms with Crippen molar-refractivity contribution in [1.82, 2.24) is 25.2 Å². The van der Waals surface area contributed by atoms with E-state index in [1.807, 2.05) is 18.3 Å². The van der Waals surface area contributed by atoms with Crippen molar-refractivity contribution in [3.8, 4) is 5.88 Å². The molecule has 2 N–H and O–H groups in total. The molecule has 0 radical (unpaired) electrons. The van der Waals surface area contributed by atoms with Gasteiger partial charge in [-0.05, 0) is 41.7 Å². The standard InChI is InChI=1S/C23H24N6O2S/c1-31-20-5-3-17-21(28-20)13(6-7-24-17)9-29-10-15-16(11-29)22(15)25-8-14-2-4-18-23(26-14)27-19(30)12-32-18/h2-7,15-16,22,25H,8-12H2,1H3,(H,26,27,30). The third-order valence-electron chi connectivity index (χ3n) is 6.57. The van der Waals surface area contributed by atoms with Gasteiger partial charge in [0.25, 0.3) is 0 Å². The molecule has 9 heteroatoms. The Morgan fingerprint density at radius 3 is 2.91 bits per heavy atom. The molecule has 1 saturated heterocycles. The number of piperidine rings is 1. The van der Waals surface area contributed by atoms with Gasteiger partial charge in [-0.1, -0.05) is 0 Å². The third kappa shape index (κ3) is 3.70. The van der Waals surface area contributed by atoms with Gasteiger partial charge in [0.2, 0.25) is 11.8 Å². The van der Waals surface area contributed by atoms with E-state index in [2.05, 4.69) is 48.7 Å². The van der Waals surface area contributed by atoms with Gasteiger partial charge in [-0.3, -0.25) is 14.7 Å². The number of methoxy groups -OCH3 is 1. The zero-order chi connectivity index (χ0) is 21.7. The molecule has 2 fully saturated rings. The fourth-order valence-electron chi connectivity index (χ4n) is 4.91. The summed E-state index contributed by atoms with van der Waals surface area (Å²) in [5.74, 6) is 3.16. The van der Waals surface area contributed by atoms with E-state index in [4.69, 9.17) is 4.74 Å². The number of fused-ring (bicyclic) bond motifs is 3. The van der Waals surface area contributed by atoms with Crippen LogP contribution in [0, 0.1) is 11.8 Å². The maximum absolute atomic E-state index is 11.6. The topological polar surface area (TPSA) is 92.3 Å². The fourth-order valence-corrected chi connectivity index (χ4v) is 5.67. The Kier molecular flexibility index (Phi) is 4.97. The van der Waals surface area contributed by atoms with Crippen LogP contribution in [-0.4, -0.2) is 57.8 Å². The number of carbonyl (C=O) groups excluding carboxylic acids is 1. The molecule has 1 amide bonds. The van der Waals surface area contributed by atoms with Crippen molar-refractivity contribution in [2.24, 2.45) is 11.8 Å². The molecule has 2 unspecified atom stereocenters. The maximum atomic E-state index is 11.6. The molecule has 1 saturated carbocycles. The predicted molar refractivity (Wildman–Crippen MR) is 123 cm³/mol. The number of likely N-dealkylation sites (tertiary alicyclic amines) is 1. The minimum Gasteiger partial charge on any atom is -0.481 e. The summed E-state index contributed by atoms with van der Waals surface area (Å²) in [5.41, 5.74) is 3.99. The van der Waals surface area contributed by atoms with Crippen LogP contribution in [-0.2, 0) is 17.9 Å². The summed E-state index contributed by atoms with van der Waals surface area (Å²) in [6.45, 7) is 3.77. The van der Waals surface area contributed by atoms with Crippen LogP contribution >= 0.6 is 11.8 Å². The van der Waals surface area contributed by atoms with Gasteiger partial charge >= 0.3 is 0 Å². The highest BCUT2D eigenvalue weighted by Crippen LogP contribution is 2.46. The lowest BCUT2D eigenvalue weighted by atomic mass is 10.2. The van der Waals surface area contributed by atoms with Crippen LogP contribution in [0.1, 0.15) is 11.3 Å². The molecule has 0 bridgehead atoms. The molecule has 2 aliphatic heterocycles. The summed E-state index contributed by atoms with van der Waals surface area (Å²) in [4.78, 5) is 28.8. The molecule has 3 aromatic rings. The molecule has 1 aliphatic carbocycles. The number of pyridine rings is 3. The lowest BCUT2D eigenvalue weighted by molar-refractivity contribution is -0.113. The molecule has 6 rings (SSSR count). The first kappa shape index (κ1) is 19.9. The highest BCUT2D eigenvalue weighted by Gasteiger charge is 2.55. The Morgan fingerprint density at radius 1 is 1.19 bits per heavy atom. The van der Waals surface area contributed by atoms with Gasteiger partial charge in [0.15, 0.2) is 0 Å². The fraction of sp³-hybridized carbons (Fsp3) is 0.391. The second-order valence-corrected chi connectivity index (χ2v) is 9.62. The molecule has 0 aromatic carbocycles. The van der Waals surface area contributed by atoms with Gasteiger partial charge in [-0.15, -0.1) is 11.8 Å².